The van der Waals surface area contributed by atoms with Crippen molar-refractivity contribution in [3.05, 3.63) is 90.0 Å². The highest BCUT2D eigenvalue weighted by atomic mass is 16.5. The Hall–Kier alpha value is -4.32. The minimum absolute atomic E-state index is 0.0145. The van der Waals surface area contributed by atoms with Crippen molar-refractivity contribution in [3.8, 4) is 23.0 Å². The summed E-state index contributed by atoms with van der Waals surface area (Å²) in [5.41, 5.74) is 0.626. The lowest BCUT2D eigenvalue weighted by atomic mass is 10.1. The van der Waals surface area contributed by atoms with E-state index in [-0.39, 0.29) is 22.8 Å². The molecule has 0 aromatic heterocycles. The second kappa shape index (κ2) is 7.97. The van der Waals surface area contributed by atoms with Crippen LogP contribution in [0, 0.1) is 0 Å². The van der Waals surface area contributed by atoms with E-state index >= 15 is 0 Å². The molecule has 0 radical (unpaired) electrons. The number of carbonyl (C=O) groups excluding carboxylic acids is 1. The fraction of sp³-hybridized carbons (Fsp3) is 0. The van der Waals surface area contributed by atoms with Crippen LogP contribution in [-0.4, -0.2) is 27.5 Å². The normalized spacial score (nSPS) is 11.1. The Bertz CT molecular complexity index is 1270. The number of fused-ring (bicyclic) bond motifs is 1. The van der Waals surface area contributed by atoms with Crippen LogP contribution < -0.4 is 4.74 Å². The maximum absolute atomic E-state index is 12.7. The highest BCUT2D eigenvalue weighted by molar-refractivity contribution is 5.98. The summed E-state index contributed by atoms with van der Waals surface area (Å²) in [5.74, 6) is -0.637. The third kappa shape index (κ3) is 3.93. The minimum atomic E-state index is -0.721. The van der Waals surface area contributed by atoms with Crippen molar-refractivity contribution in [2.75, 3.05) is 0 Å². The number of benzene rings is 4. The SMILES string of the molecule is O=C(Oc1cccc2ccccc12)c1cc(N=Cc2cc(O)ccc2O)ccc1O. The zero-order chi connectivity index (χ0) is 21.1. The molecule has 4 aromatic carbocycles. The fourth-order valence-electron chi connectivity index (χ4n) is 3.00. The molecule has 0 spiro atoms. The first-order valence-corrected chi connectivity index (χ1v) is 9.10. The standard InChI is InChI=1S/C24H17NO5/c26-18-9-11-21(27)16(12-18)14-25-17-8-10-22(28)20(13-17)24(29)30-23-7-3-5-15-4-1-2-6-19(15)23/h1-14,26-28H. The lowest BCUT2D eigenvalue weighted by Gasteiger charge is -2.09. The van der Waals surface area contributed by atoms with Crippen LogP contribution in [0.2, 0.25) is 0 Å². The number of nitrogens with zero attached hydrogens (tertiary/aromatic N) is 1. The molecule has 4 aromatic rings. The van der Waals surface area contributed by atoms with Crippen LogP contribution in [0.3, 0.4) is 0 Å². The molecular formula is C24H17NO5. The quantitative estimate of drug-likeness (QED) is 0.196. The van der Waals surface area contributed by atoms with Gasteiger partial charge in [0.2, 0.25) is 0 Å². The van der Waals surface area contributed by atoms with Gasteiger partial charge in [0, 0.05) is 17.2 Å². The number of phenolic OH excluding ortho intramolecular Hbond substituents is 3. The van der Waals surface area contributed by atoms with Crippen molar-refractivity contribution in [2.24, 2.45) is 4.99 Å². The molecule has 0 saturated carbocycles. The molecule has 0 amide bonds. The lowest BCUT2D eigenvalue weighted by Crippen LogP contribution is -2.09. The van der Waals surface area contributed by atoms with E-state index in [0.717, 1.165) is 10.8 Å². The topological polar surface area (TPSA) is 99.4 Å². The summed E-state index contributed by atoms with van der Waals surface area (Å²) in [7, 11) is 0. The van der Waals surface area contributed by atoms with Crippen molar-refractivity contribution >= 4 is 28.6 Å². The van der Waals surface area contributed by atoms with Gasteiger partial charge in [-0.3, -0.25) is 4.99 Å². The molecule has 0 fully saturated rings. The molecule has 0 aliphatic rings. The molecule has 0 saturated heterocycles. The number of rotatable bonds is 4. The van der Waals surface area contributed by atoms with Gasteiger partial charge in [0.1, 0.15) is 28.6 Å². The predicted octanol–water partition coefficient (Wildman–Crippen LogP) is 4.93. The van der Waals surface area contributed by atoms with Crippen molar-refractivity contribution < 1.29 is 24.9 Å². The average Bonchev–Trinajstić information content (AvgIpc) is 2.75. The zero-order valence-corrected chi connectivity index (χ0v) is 15.7. The monoisotopic (exact) mass is 399 g/mol. The van der Waals surface area contributed by atoms with E-state index < -0.39 is 5.97 Å². The Balaban J connectivity index is 1.62. The van der Waals surface area contributed by atoms with Gasteiger partial charge in [-0.1, -0.05) is 36.4 Å². The smallest absolute Gasteiger partial charge is 0.347 e. The summed E-state index contributed by atoms with van der Waals surface area (Å²) < 4.78 is 5.52. The molecule has 0 aliphatic carbocycles. The molecule has 4 rings (SSSR count). The molecule has 148 valence electrons. The van der Waals surface area contributed by atoms with Crippen LogP contribution in [-0.2, 0) is 0 Å². The van der Waals surface area contributed by atoms with Gasteiger partial charge in [0.15, 0.2) is 0 Å². The van der Waals surface area contributed by atoms with Gasteiger partial charge in [-0.25, -0.2) is 4.79 Å². The molecular weight excluding hydrogens is 382 g/mol. The van der Waals surface area contributed by atoms with Gasteiger partial charge in [-0.15, -0.1) is 0 Å². The number of carbonyl (C=O) groups is 1. The first-order chi connectivity index (χ1) is 14.5. The number of esters is 1. The summed E-state index contributed by atoms with van der Waals surface area (Å²) in [5, 5.41) is 31.2. The Labute approximate surface area is 172 Å². The Morgan fingerprint density at radius 1 is 0.833 bits per heavy atom. The third-order valence-electron chi connectivity index (χ3n) is 4.52. The second-order valence-corrected chi connectivity index (χ2v) is 6.57. The molecule has 6 heteroatoms. The number of aliphatic imine (C=N–C) groups is 1. The Morgan fingerprint density at radius 2 is 1.60 bits per heavy atom. The molecule has 3 N–H and O–H groups in total. The van der Waals surface area contributed by atoms with Gasteiger partial charge < -0.3 is 20.1 Å². The zero-order valence-electron chi connectivity index (χ0n) is 15.7. The third-order valence-corrected chi connectivity index (χ3v) is 4.52. The van der Waals surface area contributed by atoms with Crippen molar-refractivity contribution in [2.45, 2.75) is 0 Å². The van der Waals surface area contributed by atoms with E-state index in [1.165, 1.54) is 42.6 Å². The number of phenols is 3. The maximum Gasteiger partial charge on any atom is 0.347 e. The highest BCUT2D eigenvalue weighted by Gasteiger charge is 2.16. The largest absolute Gasteiger partial charge is 0.508 e. The van der Waals surface area contributed by atoms with Crippen molar-refractivity contribution in [1.29, 1.82) is 0 Å². The van der Waals surface area contributed by atoms with Crippen molar-refractivity contribution in [3.63, 3.8) is 0 Å². The van der Waals surface area contributed by atoms with Gasteiger partial charge in [-0.2, -0.15) is 0 Å². The maximum atomic E-state index is 12.7. The van der Waals surface area contributed by atoms with E-state index in [1.54, 1.807) is 12.1 Å². The Kier molecular flexibility index (Phi) is 5.05. The van der Waals surface area contributed by atoms with Crippen LogP contribution in [0.15, 0.2) is 83.9 Å². The summed E-state index contributed by atoms with van der Waals surface area (Å²) in [6.45, 7) is 0. The number of aromatic hydroxyl groups is 3. The molecule has 6 nitrogen and oxygen atoms in total. The summed E-state index contributed by atoms with van der Waals surface area (Å²) in [6, 6.07) is 21.2. The second-order valence-electron chi connectivity index (χ2n) is 6.57. The number of hydrogen-bond donors (Lipinski definition) is 3. The van der Waals surface area contributed by atoms with Crippen LogP contribution in [0.25, 0.3) is 10.8 Å². The average molecular weight is 399 g/mol. The van der Waals surface area contributed by atoms with E-state index in [4.69, 9.17) is 4.74 Å². The predicted molar refractivity (Wildman–Crippen MR) is 114 cm³/mol. The number of hydrogen-bond acceptors (Lipinski definition) is 6. The molecule has 30 heavy (non-hydrogen) atoms. The van der Waals surface area contributed by atoms with Crippen LogP contribution in [0.4, 0.5) is 5.69 Å². The van der Waals surface area contributed by atoms with Gasteiger partial charge in [-0.05, 0) is 47.9 Å². The van der Waals surface area contributed by atoms with Gasteiger partial charge in [0.25, 0.3) is 0 Å². The molecule has 0 bridgehead atoms. The van der Waals surface area contributed by atoms with Crippen LogP contribution in [0.5, 0.6) is 23.0 Å². The summed E-state index contributed by atoms with van der Waals surface area (Å²) in [6.07, 6.45) is 1.35. The number of ether oxygens (including phenoxy) is 1. The van der Waals surface area contributed by atoms with Gasteiger partial charge in [0.05, 0.1) is 5.69 Å². The summed E-state index contributed by atoms with van der Waals surface area (Å²) >= 11 is 0. The Morgan fingerprint density at radius 3 is 2.47 bits per heavy atom. The molecule has 0 unspecified atom stereocenters. The minimum Gasteiger partial charge on any atom is -0.508 e. The summed E-state index contributed by atoms with van der Waals surface area (Å²) in [4.78, 5) is 16.9. The first-order valence-electron chi connectivity index (χ1n) is 9.10. The molecule has 0 atom stereocenters. The fourth-order valence-corrected chi connectivity index (χ4v) is 3.00. The first kappa shape index (κ1) is 19.0. The van der Waals surface area contributed by atoms with Gasteiger partial charge >= 0.3 is 5.97 Å². The van der Waals surface area contributed by atoms with Crippen LogP contribution in [0.1, 0.15) is 15.9 Å². The van der Waals surface area contributed by atoms with E-state index in [9.17, 15) is 20.1 Å². The van der Waals surface area contributed by atoms with Crippen molar-refractivity contribution in [1.82, 2.24) is 0 Å². The van der Waals surface area contributed by atoms with Crippen LogP contribution >= 0.6 is 0 Å². The van der Waals surface area contributed by atoms with E-state index in [1.807, 2.05) is 30.3 Å². The molecule has 0 aliphatic heterocycles. The van der Waals surface area contributed by atoms with E-state index in [2.05, 4.69) is 4.99 Å². The molecule has 0 heterocycles. The highest BCUT2D eigenvalue weighted by Crippen LogP contribution is 2.29. The lowest BCUT2D eigenvalue weighted by molar-refractivity contribution is 0.0734. The van der Waals surface area contributed by atoms with E-state index in [0.29, 0.717) is 17.0 Å².